The number of ether oxygens (including phenoxy) is 1. The lowest BCUT2D eigenvalue weighted by Crippen LogP contribution is -2.07. The lowest BCUT2D eigenvalue weighted by atomic mass is 10.1. The molecule has 0 aliphatic carbocycles. The van der Waals surface area contributed by atoms with E-state index in [0.717, 1.165) is 21.1 Å². The molecular formula is C14H13BrN2O3. The maximum atomic E-state index is 11.4. The van der Waals surface area contributed by atoms with Gasteiger partial charge in [-0.25, -0.2) is 4.99 Å². The van der Waals surface area contributed by atoms with Gasteiger partial charge in [0.1, 0.15) is 6.42 Å². The number of amides is 1. The third-order valence-corrected chi connectivity index (χ3v) is 3.49. The molecule has 0 saturated heterocycles. The maximum absolute atomic E-state index is 11.4. The van der Waals surface area contributed by atoms with Crippen LogP contribution in [0, 0.1) is 0 Å². The number of benzene rings is 1. The highest BCUT2D eigenvalue weighted by atomic mass is 79.9. The Balaban J connectivity index is 2.07. The monoisotopic (exact) mass is 336 g/mol. The van der Waals surface area contributed by atoms with Gasteiger partial charge in [-0.1, -0.05) is 18.2 Å². The van der Waals surface area contributed by atoms with Crippen LogP contribution in [0.1, 0.15) is 12.0 Å². The van der Waals surface area contributed by atoms with E-state index in [1.54, 1.807) is 0 Å². The van der Waals surface area contributed by atoms with Gasteiger partial charge in [0.25, 0.3) is 5.91 Å². The standard InChI is InChI=1S/C14H13BrN2O3/c1-20-13(19)8-12(18)16-7-6-10-9-4-2-3-5-11(9)17-14(10)15/h2-5,7,17H,6,8H2,1H3. The van der Waals surface area contributed by atoms with Crippen LogP contribution in [0.3, 0.4) is 0 Å². The van der Waals surface area contributed by atoms with E-state index >= 15 is 0 Å². The minimum absolute atomic E-state index is 0.331. The Hall–Kier alpha value is -1.95. The highest BCUT2D eigenvalue weighted by Crippen LogP contribution is 2.26. The van der Waals surface area contributed by atoms with E-state index in [9.17, 15) is 9.59 Å². The summed E-state index contributed by atoms with van der Waals surface area (Å²) < 4.78 is 5.27. The lowest BCUT2D eigenvalue weighted by Gasteiger charge is -1.96. The molecule has 0 atom stereocenters. The summed E-state index contributed by atoms with van der Waals surface area (Å²) in [4.78, 5) is 29.2. The molecule has 6 heteroatoms. The predicted molar refractivity (Wildman–Crippen MR) is 79.8 cm³/mol. The van der Waals surface area contributed by atoms with Crippen molar-refractivity contribution in [2.75, 3.05) is 7.11 Å². The van der Waals surface area contributed by atoms with E-state index in [2.05, 4.69) is 30.6 Å². The third-order valence-electron chi connectivity index (χ3n) is 2.82. The number of carbonyl (C=O) groups excluding carboxylic acids is 2. The summed E-state index contributed by atoms with van der Waals surface area (Å²) >= 11 is 3.45. The van der Waals surface area contributed by atoms with Crippen molar-refractivity contribution in [3.05, 3.63) is 34.4 Å². The van der Waals surface area contributed by atoms with E-state index in [1.807, 2.05) is 24.3 Å². The first-order valence-electron chi connectivity index (χ1n) is 5.99. The molecule has 0 aliphatic rings. The van der Waals surface area contributed by atoms with Crippen LogP contribution in [-0.2, 0) is 20.7 Å². The first-order valence-corrected chi connectivity index (χ1v) is 6.78. The number of hydrogen-bond donors (Lipinski definition) is 1. The smallest absolute Gasteiger partial charge is 0.315 e. The summed E-state index contributed by atoms with van der Waals surface area (Å²) in [6.07, 6.45) is 1.67. The highest BCUT2D eigenvalue weighted by Gasteiger charge is 2.09. The van der Waals surface area contributed by atoms with Gasteiger partial charge in [0, 0.05) is 23.5 Å². The third kappa shape index (κ3) is 3.33. The number of halogens is 1. The summed E-state index contributed by atoms with van der Waals surface area (Å²) in [5.74, 6) is -1.09. The zero-order valence-electron chi connectivity index (χ0n) is 10.9. The van der Waals surface area contributed by atoms with Crippen molar-refractivity contribution in [3.8, 4) is 0 Å². The van der Waals surface area contributed by atoms with Gasteiger partial charge in [0.05, 0.1) is 11.7 Å². The van der Waals surface area contributed by atoms with Crippen molar-refractivity contribution in [1.29, 1.82) is 0 Å². The van der Waals surface area contributed by atoms with Crippen LogP contribution in [0.5, 0.6) is 0 Å². The molecule has 1 aromatic heterocycles. The Labute approximate surface area is 124 Å². The number of nitrogens with one attached hydrogen (secondary N) is 1. The largest absolute Gasteiger partial charge is 0.469 e. The molecule has 20 heavy (non-hydrogen) atoms. The van der Waals surface area contributed by atoms with Crippen LogP contribution in [-0.4, -0.2) is 30.2 Å². The fraction of sp³-hybridized carbons (Fsp3) is 0.214. The number of aliphatic imine (C=N–C) groups is 1. The minimum atomic E-state index is -0.583. The normalized spacial score (nSPS) is 11.1. The number of hydrogen-bond acceptors (Lipinski definition) is 3. The van der Waals surface area contributed by atoms with Crippen LogP contribution in [0.4, 0.5) is 0 Å². The van der Waals surface area contributed by atoms with Gasteiger partial charge < -0.3 is 9.72 Å². The quantitative estimate of drug-likeness (QED) is 0.530. The van der Waals surface area contributed by atoms with E-state index in [0.29, 0.717) is 6.42 Å². The van der Waals surface area contributed by atoms with E-state index in [4.69, 9.17) is 0 Å². The van der Waals surface area contributed by atoms with Crippen molar-refractivity contribution in [1.82, 2.24) is 4.98 Å². The van der Waals surface area contributed by atoms with Gasteiger partial charge in [-0.2, -0.15) is 0 Å². The molecule has 0 aliphatic heterocycles. The zero-order valence-corrected chi connectivity index (χ0v) is 12.4. The minimum Gasteiger partial charge on any atom is -0.469 e. The molecule has 0 radical (unpaired) electrons. The topological polar surface area (TPSA) is 71.5 Å². The molecule has 5 nitrogen and oxygen atoms in total. The van der Waals surface area contributed by atoms with Gasteiger partial charge in [0.2, 0.25) is 0 Å². The Morgan fingerprint density at radius 2 is 2.15 bits per heavy atom. The van der Waals surface area contributed by atoms with E-state index in [1.165, 1.54) is 13.3 Å². The number of esters is 1. The van der Waals surface area contributed by atoms with Crippen LogP contribution in [0.25, 0.3) is 10.9 Å². The number of rotatable bonds is 4. The van der Waals surface area contributed by atoms with Crippen LogP contribution >= 0.6 is 15.9 Å². The SMILES string of the molecule is COC(=O)CC(=O)N=CCc1c(Br)[nH]c2ccccc12. The first kappa shape index (κ1) is 14.5. The summed E-state index contributed by atoms with van der Waals surface area (Å²) in [5, 5.41) is 1.08. The van der Waals surface area contributed by atoms with E-state index < -0.39 is 11.9 Å². The number of carbonyl (C=O) groups is 2. The van der Waals surface area contributed by atoms with Crippen molar-refractivity contribution in [2.45, 2.75) is 12.8 Å². The van der Waals surface area contributed by atoms with Crippen LogP contribution in [0.15, 0.2) is 33.9 Å². The van der Waals surface area contributed by atoms with Gasteiger partial charge >= 0.3 is 5.97 Å². The molecule has 1 N–H and O–H groups in total. The molecule has 1 heterocycles. The molecule has 0 unspecified atom stereocenters. The molecular weight excluding hydrogens is 324 g/mol. The Kier molecular flexibility index (Phi) is 4.68. The zero-order chi connectivity index (χ0) is 14.5. The molecule has 0 saturated carbocycles. The summed E-state index contributed by atoms with van der Waals surface area (Å²) in [6.45, 7) is 0. The van der Waals surface area contributed by atoms with Gasteiger partial charge in [-0.15, -0.1) is 0 Å². The summed E-state index contributed by atoms with van der Waals surface area (Å²) in [6, 6.07) is 7.87. The number of para-hydroxylation sites is 1. The fourth-order valence-electron chi connectivity index (χ4n) is 1.85. The number of fused-ring (bicyclic) bond motifs is 1. The number of methoxy groups -OCH3 is 1. The van der Waals surface area contributed by atoms with Crippen molar-refractivity contribution in [3.63, 3.8) is 0 Å². The average molecular weight is 337 g/mol. The number of H-pyrrole nitrogens is 1. The first-order chi connectivity index (χ1) is 9.61. The highest BCUT2D eigenvalue weighted by molar-refractivity contribution is 9.10. The second kappa shape index (κ2) is 6.47. The number of aromatic amines is 1. The van der Waals surface area contributed by atoms with Crippen LogP contribution < -0.4 is 0 Å². The number of nitrogens with zero attached hydrogens (tertiary/aromatic N) is 1. The molecule has 1 amide bonds. The van der Waals surface area contributed by atoms with Crippen molar-refractivity contribution >= 4 is 44.9 Å². The average Bonchev–Trinajstić information content (AvgIpc) is 2.75. The predicted octanol–water partition coefficient (Wildman–Crippen LogP) is 2.63. The van der Waals surface area contributed by atoms with Gasteiger partial charge in [-0.05, 0) is 27.6 Å². The Morgan fingerprint density at radius 1 is 1.40 bits per heavy atom. The van der Waals surface area contributed by atoms with Gasteiger partial charge in [-0.3, -0.25) is 9.59 Å². The Bertz CT molecular complexity index is 676. The molecule has 104 valence electrons. The second-order valence-corrected chi connectivity index (χ2v) is 4.92. The van der Waals surface area contributed by atoms with Crippen molar-refractivity contribution < 1.29 is 14.3 Å². The summed E-state index contributed by atoms with van der Waals surface area (Å²) in [7, 11) is 1.24. The molecule has 1 aromatic carbocycles. The molecule has 0 fully saturated rings. The van der Waals surface area contributed by atoms with Crippen molar-refractivity contribution in [2.24, 2.45) is 4.99 Å². The Morgan fingerprint density at radius 3 is 2.90 bits per heavy atom. The van der Waals surface area contributed by atoms with Crippen LogP contribution in [0.2, 0.25) is 0 Å². The molecule has 2 aromatic rings. The van der Waals surface area contributed by atoms with Gasteiger partial charge in [0.15, 0.2) is 0 Å². The maximum Gasteiger partial charge on any atom is 0.315 e. The molecule has 0 spiro atoms. The molecule has 2 rings (SSSR count). The molecule has 0 bridgehead atoms. The van der Waals surface area contributed by atoms with E-state index in [-0.39, 0.29) is 6.42 Å². The second-order valence-electron chi connectivity index (χ2n) is 4.13. The summed E-state index contributed by atoms with van der Waals surface area (Å²) in [5.41, 5.74) is 2.04. The fourth-order valence-corrected chi connectivity index (χ4v) is 2.44. The number of aromatic nitrogens is 1. The lowest BCUT2D eigenvalue weighted by molar-refractivity contribution is -0.143.